The van der Waals surface area contributed by atoms with Gasteiger partial charge in [0.1, 0.15) is 0 Å². The summed E-state index contributed by atoms with van der Waals surface area (Å²) < 4.78 is 2.50. The monoisotopic (exact) mass is 346 g/mol. The predicted molar refractivity (Wildman–Crippen MR) is 106 cm³/mol. The number of nitrogens with zero attached hydrogens (tertiary/aromatic N) is 2. The molecule has 3 aliphatic carbocycles. The maximum absolute atomic E-state index is 2.60. The zero-order valence-corrected chi connectivity index (χ0v) is 17.4. The van der Waals surface area contributed by atoms with Gasteiger partial charge in [-0.05, 0) is 50.4 Å². The van der Waals surface area contributed by atoms with Crippen LogP contribution in [0.4, 0.5) is 0 Å². The quantitative estimate of drug-likeness (QED) is 0.520. The molecule has 0 aromatic heterocycles. The second-order valence-electron chi connectivity index (χ2n) is 11.2. The van der Waals surface area contributed by atoms with Crippen molar-refractivity contribution < 1.29 is 8.97 Å². The molecule has 4 aliphatic rings. The molecule has 1 unspecified atom stereocenters. The Balaban J connectivity index is 1.52. The van der Waals surface area contributed by atoms with Crippen LogP contribution in [0.15, 0.2) is 11.1 Å². The van der Waals surface area contributed by atoms with E-state index in [4.69, 9.17) is 0 Å². The van der Waals surface area contributed by atoms with Crippen LogP contribution in [0.2, 0.25) is 0 Å². The van der Waals surface area contributed by atoms with Crippen LogP contribution in [0.1, 0.15) is 57.8 Å². The highest BCUT2D eigenvalue weighted by molar-refractivity contribution is 5.28. The van der Waals surface area contributed by atoms with E-state index < -0.39 is 0 Å². The van der Waals surface area contributed by atoms with E-state index in [1.54, 1.807) is 0 Å². The minimum Gasteiger partial charge on any atom is -0.331 e. The third kappa shape index (κ3) is 3.58. The summed E-state index contributed by atoms with van der Waals surface area (Å²) in [7, 11) is 9.63. The molecule has 2 saturated carbocycles. The molecule has 2 heteroatoms. The molecule has 0 aromatic carbocycles. The van der Waals surface area contributed by atoms with Crippen molar-refractivity contribution in [1.29, 1.82) is 0 Å². The smallest absolute Gasteiger partial charge is 0.0839 e. The first-order valence-electron chi connectivity index (χ1n) is 11.2. The standard InChI is InChI=1S/C23H42N2/c1-24(2,3)14-9-15-25(4)16-22-20-12-7-5-10-18(20)19-11-6-8-13-21(19)23(22)17-25/h20-23H,5-17H2,1-4H3/q+2/t20-,21+,22-,23+,25?. The largest absolute Gasteiger partial charge is 0.331 e. The molecule has 25 heavy (non-hydrogen) atoms. The third-order valence-corrected chi connectivity index (χ3v) is 8.14. The molecule has 0 bridgehead atoms. The highest BCUT2D eigenvalue weighted by Crippen LogP contribution is 2.55. The van der Waals surface area contributed by atoms with Crippen LogP contribution in [0.5, 0.6) is 0 Å². The van der Waals surface area contributed by atoms with E-state index in [0.717, 1.165) is 28.2 Å². The SMILES string of the molecule is C[N+](C)(C)CCC[N+]1(C)C[C@@H]2[C@H](C1)[C@@H]1CCCCC1=C1CCCC[C@@H]12. The van der Waals surface area contributed by atoms with Crippen molar-refractivity contribution in [2.45, 2.75) is 57.8 Å². The molecule has 0 spiro atoms. The number of rotatable bonds is 4. The van der Waals surface area contributed by atoms with E-state index in [0.29, 0.717) is 0 Å². The Hall–Kier alpha value is -0.340. The Morgan fingerprint density at radius 3 is 1.84 bits per heavy atom. The van der Waals surface area contributed by atoms with Gasteiger partial charge in [0.05, 0.1) is 54.4 Å². The molecule has 1 heterocycles. The van der Waals surface area contributed by atoms with Crippen LogP contribution in [0.25, 0.3) is 0 Å². The first-order chi connectivity index (χ1) is 11.9. The molecular formula is C23H42N2+2. The molecule has 0 aromatic rings. The van der Waals surface area contributed by atoms with Gasteiger partial charge in [0.25, 0.3) is 0 Å². The summed E-state index contributed by atoms with van der Waals surface area (Å²) in [5.41, 5.74) is 3.99. The summed E-state index contributed by atoms with van der Waals surface area (Å²) in [5, 5.41) is 0. The van der Waals surface area contributed by atoms with Gasteiger partial charge in [0.2, 0.25) is 0 Å². The number of likely N-dealkylation sites (tertiary alicyclic amines) is 1. The van der Waals surface area contributed by atoms with Crippen LogP contribution >= 0.6 is 0 Å². The molecule has 0 amide bonds. The van der Waals surface area contributed by atoms with E-state index in [2.05, 4.69) is 28.2 Å². The summed E-state index contributed by atoms with van der Waals surface area (Å²) in [6.07, 6.45) is 13.3. The predicted octanol–water partition coefficient (Wildman–Crippen LogP) is 4.47. The lowest BCUT2D eigenvalue weighted by atomic mass is 9.58. The molecular weight excluding hydrogens is 304 g/mol. The normalized spacial score (nSPS) is 41.3. The van der Waals surface area contributed by atoms with E-state index in [1.165, 1.54) is 88.4 Å². The van der Waals surface area contributed by atoms with Gasteiger partial charge in [-0.25, -0.2) is 0 Å². The summed E-state index contributed by atoms with van der Waals surface area (Å²) >= 11 is 0. The van der Waals surface area contributed by atoms with Crippen molar-refractivity contribution in [3.63, 3.8) is 0 Å². The van der Waals surface area contributed by atoms with Gasteiger partial charge in [0.15, 0.2) is 0 Å². The Labute approximate surface area is 156 Å². The topological polar surface area (TPSA) is 0 Å². The lowest BCUT2D eigenvalue weighted by molar-refractivity contribution is -0.910. The van der Waals surface area contributed by atoms with Crippen molar-refractivity contribution in [2.24, 2.45) is 23.7 Å². The molecule has 1 saturated heterocycles. The third-order valence-electron chi connectivity index (χ3n) is 8.14. The molecule has 0 N–H and O–H groups in total. The van der Waals surface area contributed by atoms with Gasteiger partial charge in [-0.1, -0.05) is 24.0 Å². The Morgan fingerprint density at radius 1 is 0.840 bits per heavy atom. The fraction of sp³-hybridized carbons (Fsp3) is 0.913. The van der Waals surface area contributed by atoms with Crippen LogP contribution in [0, 0.1) is 23.7 Å². The van der Waals surface area contributed by atoms with Crippen molar-refractivity contribution in [1.82, 2.24) is 0 Å². The minimum absolute atomic E-state index is 0.987. The van der Waals surface area contributed by atoms with Crippen LogP contribution in [0.3, 0.4) is 0 Å². The van der Waals surface area contributed by atoms with E-state index >= 15 is 0 Å². The molecule has 3 fully saturated rings. The minimum atomic E-state index is 0.987. The van der Waals surface area contributed by atoms with Crippen LogP contribution < -0.4 is 0 Å². The van der Waals surface area contributed by atoms with Gasteiger partial charge < -0.3 is 8.97 Å². The van der Waals surface area contributed by atoms with Gasteiger partial charge in [0, 0.05) is 18.3 Å². The lowest BCUT2D eigenvalue weighted by Gasteiger charge is -2.45. The molecule has 2 nitrogen and oxygen atoms in total. The Morgan fingerprint density at radius 2 is 1.36 bits per heavy atom. The van der Waals surface area contributed by atoms with Gasteiger partial charge in [-0.2, -0.15) is 0 Å². The Bertz CT molecular complexity index is 493. The zero-order chi connectivity index (χ0) is 17.7. The highest BCUT2D eigenvalue weighted by Gasteiger charge is 2.53. The molecule has 0 radical (unpaired) electrons. The molecule has 1 aliphatic heterocycles. The summed E-state index contributed by atoms with van der Waals surface area (Å²) in [6, 6.07) is 0. The van der Waals surface area contributed by atoms with E-state index in [9.17, 15) is 0 Å². The molecule has 5 atom stereocenters. The summed E-state index contributed by atoms with van der Waals surface area (Å²) in [6.45, 7) is 5.71. The first-order valence-corrected chi connectivity index (χ1v) is 11.2. The average Bonchev–Trinajstić information content (AvgIpc) is 2.92. The van der Waals surface area contributed by atoms with Crippen molar-refractivity contribution >= 4 is 0 Å². The molecule has 4 rings (SSSR count). The summed E-state index contributed by atoms with van der Waals surface area (Å²) in [5.74, 6) is 4.02. The average molecular weight is 347 g/mol. The van der Waals surface area contributed by atoms with Crippen LogP contribution in [-0.2, 0) is 0 Å². The van der Waals surface area contributed by atoms with E-state index in [1.807, 2.05) is 11.1 Å². The van der Waals surface area contributed by atoms with Crippen molar-refractivity contribution in [3.8, 4) is 0 Å². The fourth-order valence-corrected chi connectivity index (χ4v) is 7.14. The second-order valence-corrected chi connectivity index (χ2v) is 11.2. The van der Waals surface area contributed by atoms with Crippen LogP contribution in [-0.4, -0.2) is 63.3 Å². The Kier molecular flexibility index (Phi) is 4.82. The zero-order valence-electron chi connectivity index (χ0n) is 17.4. The number of allylic oxidation sites excluding steroid dienone is 2. The maximum atomic E-state index is 2.60. The van der Waals surface area contributed by atoms with Gasteiger partial charge >= 0.3 is 0 Å². The summed E-state index contributed by atoms with van der Waals surface area (Å²) in [4.78, 5) is 0. The van der Waals surface area contributed by atoms with Gasteiger partial charge in [-0.3, -0.25) is 0 Å². The second kappa shape index (κ2) is 6.68. The number of hydrogen-bond acceptors (Lipinski definition) is 0. The number of quaternary nitrogens is 2. The highest BCUT2D eigenvalue weighted by atomic mass is 15.4. The van der Waals surface area contributed by atoms with Gasteiger partial charge in [-0.15, -0.1) is 0 Å². The van der Waals surface area contributed by atoms with Crippen molar-refractivity contribution in [2.75, 3.05) is 54.4 Å². The maximum Gasteiger partial charge on any atom is 0.0839 e. The fourth-order valence-electron chi connectivity index (χ4n) is 7.14. The number of fused-ring (bicyclic) bond motifs is 5. The van der Waals surface area contributed by atoms with E-state index in [-0.39, 0.29) is 0 Å². The van der Waals surface area contributed by atoms with Crippen molar-refractivity contribution in [3.05, 3.63) is 11.1 Å². The molecule has 142 valence electrons. The lowest BCUT2D eigenvalue weighted by Crippen LogP contribution is -2.45. The number of hydrogen-bond donors (Lipinski definition) is 0. The first kappa shape index (κ1) is 18.0.